The third kappa shape index (κ3) is 5.37. The van der Waals surface area contributed by atoms with Crippen LogP contribution in [0.4, 0.5) is 18.9 Å². The number of halogens is 3. The van der Waals surface area contributed by atoms with E-state index in [0.717, 1.165) is 24.0 Å². The molecule has 0 aliphatic rings. The summed E-state index contributed by atoms with van der Waals surface area (Å²) in [6, 6.07) is 18.3. The van der Waals surface area contributed by atoms with Crippen molar-refractivity contribution in [3.8, 4) is 5.75 Å². The van der Waals surface area contributed by atoms with Gasteiger partial charge in [-0.2, -0.15) is 5.10 Å². The van der Waals surface area contributed by atoms with Crippen LogP contribution in [0.15, 0.2) is 77.7 Å². The third-order valence-electron chi connectivity index (χ3n) is 4.90. The van der Waals surface area contributed by atoms with E-state index in [1.165, 1.54) is 24.3 Å². The quantitative estimate of drug-likeness (QED) is 0.426. The average Bonchev–Trinajstić information content (AvgIpc) is 3.12. The lowest BCUT2D eigenvalue weighted by Gasteiger charge is -2.09. The van der Waals surface area contributed by atoms with Gasteiger partial charge in [-0.05, 0) is 48.0 Å². The Morgan fingerprint density at radius 3 is 2.26 bits per heavy atom. The number of carbonyl (C=O) groups excluding carboxylic acids is 1. The van der Waals surface area contributed by atoms with Gasteiger partial charge in [-0.25, -0.2) is 8.42 Å². The second kappa shape index (κ2) is 8.82. The fourth-order valence-corrected chi connectivity index (χ4v) is 3.99. The molecule has 34 heavy (non-hydrogen) atoms. The molecule has 0 radical (unpaired) electrons. The molecule has 0 aliphatic heterocycles. The number of alkyl halides is 3. The molecule has 0 aliphatic carbocycles. The van der Waals surface area contributed by atoms with Crippen molar-refractivity contribution in [1.29, 1.82) is 0 Å². The number of anilines is 1. The number of amides is 1. The predicted octanol–water partition coefficient (Wildman–Crippen LogP) is 4.64. The summed E-state index contributed by atoms with van der Waals surface area (Å²) >= 11 is 0. The van der Waals surface area contributed by atoms with E-state index >= 15 is 0 Å². The van der Waals surface area contributed by atoms with Gasteiger partial charge in [0, 0.05) is 17.3 Å². The van der Waals surface area contributed by atoms with Crippen LogP contribution in [0.5, 0.6) is 5.75 Å². The fourth-order valence-electron chi connectivity index (χ4n) is 3.36. The van der Waals surface area contributed by atoms with Crippen LogP contribution in [0.2, 0.25) is 0 Å². The first-order valence-electron chi connectivity index (χ1n) is 9.91. The van der Waals surface area contributed by atoms with Crippen LogP contribution in [0.3, 0.4) is 0 Å². The van der Waals surface area contributed by atoms with Crippen LogP contribution in [0, 0.1) is 0 Å². The van der Waals surface area contributed by atoms with E-state index in [2.05, 4.69) is 15.2 Å². The number of benzene rings is 3. The molecule has 176 valence electrons. The van der Waals surface area contributed by atoms with Gasteiger partial charge < -0.3 is 10.1 Å². The zero-order chi connectivity index (χ0) is 24.5. The Hall–Kier alpha value is -3.86. The molecule has 0 bridgehead atoms. The molecule has 1 amide bonds. The highest BCUT2D eigenvalue weighted by Gasteiger charge is 2.31. The van der Waals surface area contributed by atoms with Gasteiger partial charge in [0.25, 0.3) is 5.91 Å². The lowest BCUT2D eigenvalue weighted by molar-refractivity contribution is -0.274. The van der Waals surface area contributed by atoms with Crippen molar-refractivity contribution in [2.75, 3.05) is 11.6 Å². The first-order chi connectivity index (χ1) is 16.0. The molecule has 0 fully saturated rings. The van der Waals surface area contributed by atoms with Gasteiger partial charge in [0.05, 0.1) is 17.0 Å². The second-order valence-electron chi connectivity index (χ2n) is 7.47. The van der Waals surface area contributed by atoms with E-state index in [9.17, 15) is 26.4 Å². The summed E-state index contributed by atoms with van der Waals surface area (Å²) in [4.78, 5) is 13.1. The monoisotopic (exact) mass is 489 g/mol. The molecule has 7 nitrogen and oxygen atoms in total. The number of nitrogens with zero attached hydrogens (tertiary/aromatic N) is 2. The fraction of sp³-hybridized carbons (Fsp3) is 0.130. The number of sulfone groups is 1. The summed E-state index contributed by atoms with van der Waals surface area (Å²) in [6.07, 6.45) is -3.67. The van der Waals surface area contributed by atoms with Crippen LogP contribution in [0.25, 0.3) is 10.9 Å². The van der Waals surface area contributed by atoms with Crippen LogP contribution in [-0.4, -0.2) is 36.7 Å². The van der Waals surface area contributed by atoms with E-state index in [1.807, 2.05) is 0 Å². The molecule has 4 rings (SSSR count). The molecule has 4 aromatic rings. The summed E-state index contributed by atoms with van der Waals surface area (Å²) in [7, 11) is -3.31. The number of fused-ring (bicyclic) bond motifs is 1. The molecule has 0 saturated carbocycles. The van der Waals surface area contributed by atoms with Crippen molar-refractivity contribution in [2.24, 2.45) is 0 Å². The van der Waals surface area contributed by atoms with E-state index in [0.29, 0.717) is 17.4 Å². The second-order valence-corrected chi connectivity index (χ2v) is 9.48. The van der Waals surface area contributed by atoms with Gasteiger partial charge >= 0.3 is 6.36 Å². The Morgan fingerprint density at radius 1 is 1.00 bits per heavy atom. The molecule has 0 spiro atoms. The Bertz CT molecular complexity index is 1450. The third-order valence-corrected chi connectivity index (χ3v) is 6.03. The maximum Gasteiger partial charge on any atom is 0.573 e. The largest absolute Gasteiger partial charge is 0.573 e. The Kier molecular flexibility index (Phi) is 6.05. The van der Waals surface area contributed by atoms with E-state index in [-0.39, 0.29) is 16.3 Å². The lowest BCUT2D eigenvalue weighted by Crippen LogP contribution is -2.17. The highest BCUT2D eigenvalue weighted by molar-refractivity contribution is 7.90. The van der Waals surface area contributed by atoms with Gasteiger partial charge in [0.15, 0.2) is 15.5 Å². The smallest absolute Gasteiger partial charge is 0.406 e. The lowest BCUT2D eigenvalue weighted by atomic mass is 10.2. The molecule has 1 N–H and O–H groups in total. The maximum atomic E-state index is 12.9. The van der Waals surface area contributed by atoms with Crippen LogP contribution in [0.1, 0.15) is 16.1 Å². The summed E-state index contributed by atoms with van der Waals surface area (Å²) in [5, 5.41) is 7.64. The minimum atomic E-state index is -4.80. The maximum absolute atomic E-state index is 12.9. The summed E-state index contributed by atoms with van der Waals surface area (Å²) in [5.74, 6) is -0.936. The number of nitrogens with one attached hydrogen (secondary N) is 1. The minimum Gasteiger partial charge on any atom is -0.406 e. The Balaban J connectivity index is 1.57. The van der Waals surface area contributed by atoms with Crippen molar-refractivity contribution >= 4 is 32.3 Å². The summed E-state index contributed by atoms with van der Waals surface area (Å²) in [6.45, 7) is 0.293. The highest BCUT2D eigenvalue weighted by Crippen LogP contribution is 2.25. The van der Waals surface area contributed by atoms with E-state index < -0.39 is 27.9 Å². The zero-order valence-electron chi connectivity index (χ0n) is 17.7. The Morgan fingerprint density at radius 2 is 1.65 bits per heavy atom. The van der Waals surface area contributed by atoms with Gasteiger partial charge in [0.1, 0.15) is 5.75 Å². The number of rotatable bonds is 6. The van der Waals surface area contributed by atoms with E-state index in [4.69, 9.17) is 0 Å². The molecular weight excluding hydrogens is 471 g/mol. The van der Waals surface area contributed by atoms with Gasteiger partial charge in [-0.15, -0.1) is 13.2 Å². The normalized spacial score (nSPS) is 12.0. The number of hydrogen-bond acceptors (Lipinski definition) is 5. The van der Waals surface area contributed by atoms with E-state index in [1.54, 1.807) is 41.1 Å². The molecule has 0 atom stereocenters. The number of aromatic nitrogens is 2. The Labute approximate surface area is 192 Å². The number of carbonyl (C=O) groups is 1. The first kappa shape index (κ1) is 23.3. The standard InChI is InChI=1S/C23H18F3N3O4S/c1-34(31,32)18-12-6-15(7-13-18)14-29-20-5-3-2-4-19(20)21(28-29)22(30)27-16-8-10-17(11-9-16)33-23(24,25)26/h2-13H,14H2,1H3,(H,27,30). The van der Waals surface area contributed by atoms with Gasteiger partial charge in [-0.3, -0.25) is 9.48 Å². The highest BCUT2D eigenvalue weighted by atomic mass is 32.2. The van der Waals surface area contributed by atoms with Crippen LogP contribution in [-0.2, 0) is 16.4 Å². The number of para-hydroxylation sites is 1. The van der Waals surface area contributed by atoms with Crippen LogP contribution < -0.4 is 10.1 Å². The average molecular weight is 489 g/mol. The number of ether oxygens (including phenoxy) is 1. The first-order valence-corrected chi connectivity index (χ1v) is 11.8. The zero-order valence-corrected chi connectivity index (χ0v) is 18.5. The van der Waals surface area contributed by atoms with Crippen molar-refractivity contribution in [3.63, 3.8) is 0 Å². The molecule has 3 aromatic carbocycles. The van der Waals surface area contributed by atoms with Gasteiger partial charge in [-0.1, -0.05) is 30.3 Å². The SMILES string of the molecule is CS(=O)(=O)c1ccc(Cn2nc(C(=O)Nc3ccc(OC(F)(F)F)cc3)c3ccccc32)cc1. The van der Waals surface area contributed by atoms with Crippen LogP contribution >= 0.6 is 0 Å². The molecule has 0 unspecified atom stereocenters. The van der Waals surface area contributed by atoms with Crippen molar-refractivity contribution in [1.82, 2.24) is 9.78 Å². The number of hydrogen-bond donors (Lipinski definition) is 1. The predicted molar refractivity (Wildman–Crippen MR) is 119 cm³/mol. The van der Waals surface area contributed by atoms with Crippen molar-refractivity contribution in [2.45, 2.75) is 17.8 Å². The molecule has 1 aromatic heterocycles. The minimum absolute atomic E-state index is 0.138. The molecule has 11 heteroatoms. The summed E-state index contributed by atoms with van der Waals surface area (Å²) < 4.78 is 65.8. The topological polar surface area (TPSA) is 90.3 Å². The van der Waals surface area contributed by atoms with Crippen molar-refractivity contribution < 1.29 is 31.1 Å². The summed E-state index contributed by atoms with van der Waals surface area (Å²) in [5.41, 5.74) is 1.88. The molecule has 1 heterocycles. The molecular formula is C23H18F3N3O4S. The molecule has 0 saturated heterocycles. The van der Waals surface area contributed by atoms with Gasteiger partial charge in [0.2, 0.25) is 0 Å². The van der Waals surface area contributed by atoms with Crippen molar-refractivity contribution in [3.05, 3.63) is 84.1 Å².